The summed E-state index contributed by atoms with van der Waals surface area (Å²) in [6.07, 6.45) is 5.95. The molecule has 9 heteroatoms. The largest absolute Gasteiger partial charge is 0.396 e. The zero-order valence-corrected chi connectivity index (χ0v) is 13.3. The van der Waals surface area contributed by atoms with Crippen LogP contribution in [-0.4, -0.2) is 34.9 Å². The molecule has 0 saturated carbocycles. The fourth-order valence-corrected chi connectivity index (χ4v) is 3.50. The van der Waals surface area contributed by atoms with Gasteiger partial charge in [0.1, 0.15) is 9.90 Å². The Morgan fingerprint density at radius 1 is 1.43 bits per heavy atom. The van der Waals surface area contributed by atoms with E-state index in [1.807, 2.05) is 6.92 Å². The summed E-state index contributed by atoms with van der Waals surface area (Å²) in [5.74, 6) is 0. The molecule has 0 spiro atoms. The highest BCUT2D eigenvalue weighted by molar-refractivity contribution is 7.89. The standard InChI is InChI=1S/C12H18N4O3S2/c1-2-10-6-13-12(20-10)8-15-21(18,19)11-7-14-16(9-11)4-3-5-17/h6-7,9,15,17H,2-5,8H2,1H3. The third kappa shape index (κ3) is 4.34. The van der Waals surface area contributed by atoms with Crippen molar-refractivity contribution < 1.29 is 13.5 Å². The summed E-state index contributed by atoms with van der Waals surface area (Å²) in [6, 6.07) is 0. The van der Waals surface area contributed by atoms with Crippen LogP contribution in [0.3, 0.4) is 0 Å². The number of hydrogen-bond donors (Lipinski definition) is 2. The normalized spacial score (nSPS) is 11.9. The highest BCUT2D eigenvalue weighted by atomic mass is 32.2. The van der Waals surface area contributed by atoms with Gasteiger partial charge < -0.3 is 5.11 Å². The van der Waals surface area contributed by atoms with Gasteiger partial charge in [-0.05, 0) is 12.8 Å². The number of thiazole rings is 1. The van der Waals surface area contributed by atoms with Crippen LogP contribution in [0.25, 0.3) is 0 Å². The van der Waals surface area contributed by atoms with E-state index in [4.69, 9.17) is 5.11 Å². The summed E-state index contributed by atoms with van der Waals surface area (Å²) in [4.78, 5) is 5.42. The Morgan fingerprint density at radius 2 is 2.24 bits per heavy atom. The quantitative estimate of drug-likeness (QED) is 0.745. The second-order valence-corrected chi connectivity index (χ2v) is 7.38. The van der Waals surface area contributed by atoms with Gasteiger partial charge in [0.2, 0.25) is 10.0 Å². The van der Waals surface area contributed by atoms with E-state index in [1.54, 1.807) is 6.20 Å². The predicted molar refractivity (Wildman–Crippen MR) is 79.4 cm³/mol. The van der Waals surface area contributed by atoms with Crippen LogP contribution in [0.4, 0.5) is 0 Å². The Labute approximate surface area is 127 Å². The van der Waals surface area contributed by atoms with Crippen LogP contribution in [-0.2, 0) is 29.5 Å². The average molecular weight is 330 g/mol. The Hall–Kier alpha value is -1.29. The van der Waals surface area contributed by atoms with E-state index in [0.29, 0.717) is 13.0 Å². The van der Waals surface area contributed by atoms with Gasteiger partial charge in [-0.15, -0.1) is 11.3 Å². The summed E-state index contributed by atoms with van der Waals surface area (Å²) in [7, 11) is -3.59. The summed E-state index contributed by atoms with van der Waals surface area (Å²) < 4.78 is 28.3. The molecule has 0 radical (unpaired) electrons. The molecule has 2 aromatic heterocycles. The second-order valence-electron chi connectivity index (χ2n) is 4.41. The number of aromatic nitrogens is 3. The van der Waals surface area contributed by atoms with Gasteiger partial charge in [0.15, 0.2) is 0 Å². The predicted octanol–water partition coefficient (Wildman–Crippen LogP) is 0.763. The smallest absolute Gasteiger partial charge is 0.244 e. The zero-order chi connectivity index (χ0) is 15.3. The van der Waals surface area contributed by atoms with Gasteiger partial charge >= 0.3 is 0 Å². The second kappa shape index (κ2) is 7.12. The van der Waals surface area contributed by atoms with Crippen molar-refractivity contribution in [1.29, 1.82) is 0 Å². The molecule has 2 rings (SSSR count). The number of aryl methyl sites for hydroxylation is 2. The van der Waals surface area contributed by atoms with E-state index in [-0.39, 0.29) is 18.0 Å². The lowest BCUT2D eigenvalue weighted by Gasteiger charge is -2.02. The van der Waals surface area contributed by atoms with Gasteiger partial charge in [0.05, 0.1) is 12.7 Å². The van der Waals surface area contributed by atoms with Crippen molar-refractivity contribution in [2.45, 2.75) is 37.8 Å². The Morgan fingerprint density at radius 3 is 2.90 bits per heavy atom. The first kappa shape index (κ1) is 16.1. The maximum Gasteiger partial charge on any atom is 0.244 e. The number of nitrogens with one attached hydrogen (secondary N) is 1. The Kier molecular flexibility index (Phi) is 5.45. The monoisotopic (exact) mass is 330 g/mol. The van der Waals surface area contributed by atoms with Gasteiger partial charge in [0, 0.05) is 30.4 Å². The Balaban J connectivity index is 1.99. The van der Waals surface area contributed by atoms with Crippen molar-refractivity contribution in [3.05, 3.63) is 28.5 Å². The molecule has 0 aliphatic heterocycles. The molecular weight excluding hydrogens is 312 g/mol. The molecule has 2 N–H and O–H groups in total. The molecule has 0 aromatic carbocycles. The van der Waals surface area contributed by atoms with Crippen LogP contribution >= 0.6 is 11.3 Å². The van der Waals surface area contributed by atoms with Crippen molar-refractivity contribution >= 4 is 21.4 Å². The van der Waals surface area contributed by atoms with Gasteiger partial charge in [-0.1, -0.05) is 6.92 Å². The maximum absolute atomic E-state index is 12.1. The zero-order valence-electron chi connectivity index (χ0n) is 11.7. The van der Waals surface area contributed by atoms with Crippen molar-refractivity contribution in [1.82, 2.24) is 19.5 Å². The summed E-state index contributed by atoms with van der Waals surface area (Å²) in [6.45, 7) is 2.74. The lowest BCUT2D eigenvalue weighted by atomic mass is 10.4. The third-order valence-electron chi connectivity index (χ3n) is 2.83. The van der Waals surface area contributed by atoms with E-state index in [0.717, 1.165) is 16.3 Å². The highest BCUT2D eigenvalue weighted by Crippen LogP contribution is 2.14. The van der Waals surface area contributed by atoms with E-state index in [2.05, 4.69) is 14.8 Å². The number of nitrogens with zero attached hydrogens (tertiary/aromatic N) is 3. The maximum atomic E-state index is 12.1. The summed E-state index contributed by atoms with van der Waals surface area (Å²) in [5, 5.41) is 13.5. The number of hydrogen-bond acceptors (Lipinski definition) is 6. The van der Waals surface area contributed by atoms with E-state index in [9.17, 15) is 8.42 Å². The third-order valence-corrected chi connectivity index (χ3v) is 5.33. The average Bonchev–Trinajstić information content (AvgIpc) is 3.12. The molecule has 0 amide bonds. The first-order chi connectivity index (χ1) is 10.0. The van der Waals surface area contributed by atoms with Crippen molar-refractivity contribution in [3.63, 3.8) is 0 Å². The van der Waals surface area contributed by atoms with Crippen molar-refractivity contribution in [2.24, 2.45) is 0 Å². The highest BCUT2D eigenvalue weighted by Gasteiger charge is 2.17. The molecule has 116 valence electrons. The van der Waals surface area contributed by atoms with Crippen molar-refractivity contribution in [3.8, 4) is 0 Å². The summed E-state index contributed by atoms with van der Waals surface area (Å²) >= 11 is 1.50. The molecule has 21 heavy (non-hydrogen) atoms. The van der Waals surface area contributed by atoms with E-state index in [1.165, 1.54) is 28.4 Å². The number of sulfonamides is 1. The van der Waals surface area contributed by atoms with Crippen LogP contribution < -0.4 is 4.72 Å². The van der Waals surface area contributed by atoms with Crippen LogP contribution in [0.5, 0.6) is 0 Å². The minimum atomic E-state index is -3.59. The first-order valence-electron chi connectivity index (χ1n) is 6.61. The molecule has 0 fully saturated rings. The van der Waals surface area contributed by atoms with Gasteiger partial charge in [0.25, 0.3) is 0 Å². The van der Waals surface area contributed by atoms with Gasteiger partial charge in [-0.25, -0.2) is 18.1 Å². The first-order valence-corrected chi connectivity index (χ1v) is 8.91. The van der Waals surface area contributed by atoms with Crippen LogP contribution in [0.1, 0.15) is 23.2 Å². The fourth-order valence-electron chi connectivity index (χ4n) is 1.67. The SMILES string of the molecule is CCc1cnc(CNS(=O)(=O)c2cnn(CCCO)c2)s1. The van der Waals surface area contributed by atoms with Crippen LogP contribution in [0, 0.1) is 0 Å². The number of rotatable bonds is 8. The number of aliphatic hydroxyl groups is 1. The summed E-state index contributed by atoms with van der Waals surface area (Å²) in [5.41, 5.74) is 0. The lowest BCUT2D eigenvalue weighted by Crippen LogP contribution is -2.22. The fraction of sp³-hybridized carbons (Fsp3) is 0.500. The van der Waals surface area contributed by atoms with Crippen LogP contribution in [0.15, 0.2) is 23.5 Å². The molecular formula is C12H18N4O3S2. The molecule has 0 atom stereocenters. The topological polar surface area (TPSA) is 97.1 Å². The molecule has 0 bridgehead atoms. The molecule has 7 nitrogen and oxygen atoms in total. The molecule has 0 aliphatic carbocycles. The minimum Gasteiger partial charge on any atom is -0.396 e. The lowest BCUT2D eigenvalue weighted by molar-refractivity contribution is 0.277. The molecule has 0 unspecified atom stereocenters. The number of aliphatic hydroxyl groups excluding tert-OH is 1. The molecule has 2 aromatic rings. The Bertz CT molecular complexity index is 678. The van der Waals surface area contributed by atoms with Gasteiger partial charge in [-0.3, -0.25) is 4.68 Å². The minimum absolute atomic E-state index is 0.0456. The molecule has 2 heterocycles. The molecule has 0 aliphatic rings. The van der Waals surface area contributed by atoms with Crippen molar-refractivity contribution in [2.75, 3.05) is 6.61 Å². The van der Waals surface area contributed by atoms with Crippen LogP contribution in [0.2, 0.25) is 0 Å². The van der Waals surface area contributed by atoms with E-state index < -0.39 is 10.0 Å². The van der Waals surface area contributed by atoms with E-state index >= 15 is 0 Å². The molecule has 0 saturated heterocycles. The van der Waals surface area contributed by atoms with Gasteiger partial charge in [-0.2, -0.15) is 5.10 Å².